The zero-order valence-electron chi connectivity index (χ0n) is 22.2. The number of carbonyl (C=O) groups is 2. The largest absolute Gasteiger partial charge is 0.487 e. The summed E-state index contributed by atoms with van der Waals surface area (Å²) in [4.78, 5) is 32.2. The lowest BCUT2D eigenvalue weighted by Gasteiger charge is -2.32. The molecule has 2 amide bonds. The Balaban J connectivity index is 1.59. The number of rotatable bonds is 7. The van der Waals surface area contributed by atoms with Gasteiger partial charge < -0.3 is 19.7 Å². The number of aromatic nitrogens is 1. The molecule has 0 radical (unpaired) electrons. The van der Waals surface area contributed by atoms with Crippen molar-refractivity contribution in [2.45, 2.75) is 45.9 Å². The van der Waals surface area contributed by atoms with Crippen LogP contribution in [0.15, 0.2) is 72.4 Å². The fourth-order valence-corrected chi connectivity index (χ4v) is 4.54. The fraction of sp³-hybridized carbons (Fsp3) is 0.300. The molecular weight excluding hydrogens is 537 g/mol. The van der Waals surface area contributed by atoms with Crippen molar-refractivity contribution < 1.29 is 19.1 Å². The van der Waals surface area contributed by atoms with E-state index in [9.17, 15) is 9.59 Å². The van der Waals surface area contributed by atoms with Gasteiger partial charge in [0.15, 0.2) is 0 Å². The molecular formula is C30H31Cl2N3O4. The summed E-state index contributed by atoms with van der Waals surface area (Å²) >= 11 is 12.5. The van der Waals surface area contributed by atoms with Crippen LogP contribution in [0.25, 0.3) is 5.57 Å². The van der Waals surface area contributed by atoms with E-state index in [-0.39, 0.29) is 19.0 Å². The molecule has 0 unspecified atom stereocenters. The first kappa shape index (κ1) is 28.5. The minimum Gasteiger partial charge on any atom is -0.487 e. The Morgan fingerprint density at radius 1 is 1.05 bits per heavy atom. The fourth-order valence-electron chi connectivity index (χ4n) is 4.15. The summed E-state index contributed by atoms with van der Waals surface area (Å²) in [6.07, 6.45) is 1.74. The van der Waals surface area contributed by atoms with E-state index >= 15 is 0 Å². The minimum atomic E-state index is -0.647. The second kappa shape index (κ2) is 12.5. The van der Waals surface area contributed by atoms with Crippen molar-refractivity contribution in [3.8, 4) is 5.75 Å². The van der Waals surface area contributed by atoms with E-state index in [0.717, 1.165) is 16.8 Å². The van der Waals surface area contributed by atoms with Crippen LogP contribution in [0.2, 0.25) is 10.0 Å². The third-order valence-corrected chi connectivity index (χ3v) is 6.90. The van der Waals surface area contributed by atoms with Crippen molar-refractivity contribution in [2.24, 2.45) is 0 Å². The van der Waals surface area contributed by atoms with E-state index in [4.69, 9.17) is 32.7 Å². The molecule has 3 aromatic rings. The zero-order valence-corrected chi connectivity index (χ0v) is 23.7. The lowest BCUT2D eigenvalue weighted by atomic mass is 9.92. The molecule has 204 valence electrons. The average Bonchev–Trinajstić information content (AvgIpc) is 2.92. The summed E-state index contributed by atoms with van der Waals surface area (Å²) in [6.45, 7) is 6.48. The Morgan fingerprint density at radius 2 is 1.85 bits per heavy atom. The third-order valence-electron chi connectivity index (χ3n) is 6.04. The number of pyridine rings is 1. The Morgan fingerprint density at radius 3 is 2.59 bits per heavy atom. The first-order valence-corrected chi connectivity index (χ1v) is 13.4. The van der Waals surface area contributed by atoms with Crippen molar-refractivity contribution in [2.75, 3.05) is 13.1 Å². The summed E-state index contributed by atoms with van der Waals surface area (Å²) in [5.74, 6) is 0.361. The van der Waals surface area contributed by atoms with Crippen LogP contribution in [-0.4, -0.2) is 40.6 Å². The van der Waals surface area contributed by atoms with Gasteiger partial charge in [0.25, 0.3) is 0 Å². The number of benzene rings is 2. The summed E-state index contributed by atoms with van der Waals surface area (Å²) in [7, 11) is 0. The Hall–Kier alpha value is -3.55. The maximum absolute atomic E-state index is 13.5. The van der Waals surface area contributed by atoms with Crippen LogP contribution in [0.5, 0.6) is 5.75 Å². The molecule has 1 aliphatic rings. The van der Waals surface area contributed by atoms with Crippen molar-refractivity contribution in [3.63, 3.8) is 0 Å². The van der Waals surface area contributed by atoms with Crippen molar-refractivity contribution >= 4 is 40.8 Å². The van der Waals surface area contributed by atoms with Gasteiger partial charge in [-0.3, -0.25) is 9.78 Å². The molecule has 1 N–H and O–H groups in total. The highest BCUT2D eigenvalue weighted by Gasteiger charge is 2.30. The predicted molar refractivity (Wildman–Crippen MR) is 153 cm³/mol. The summed E-state index contributed by atoms with van der Waals surface area (Å²) in [5, 5.41) is 3.76. The monoisotopic (exact) mass is 567 g/mol. The molecule has 0 spiro atoms. The number of halogens is 2. The predicted octanol–water partition coefficient (Wildman–Crippen LogP) is 6.68. The van der Waals surface area contributed by atoms with Crippen LogP contribution in [-0.2, 0) is 22.7 Å². The summed E-state index contributed by atoms with van der Waals surface area (Å²) in [5.41, 5.74) is 3.03. The number of ether oxygens (including phenoxy) is 2. The van der Waals surface area contributed by atoms with Crippen LogP contribution >= 0.6 is 23.2 Å². The van der Waals surface area contributed by atoms with Gasteiger partial charge in [0, 0.05) is 24.9 Å². The quantitative estimate of drug-likeness (QED) is 0.344. The van der Waals surface area contributed by atoms with Crippen LogP contribution in [0.3, 0.4) is 0 Å². The number of nitrogens with one attached hydrogen (secondary N) is 1. The number of hydrogen-bond acceptors (Lipinski definition) is 5. The average molecular weight is 569 g/mol. The number of hydrogen-bond donors (Lipinski definition) is 1. The van der Waals surface area contributed by atoms with Gasteiger partial charge >= 0.3 is 6.09 Å². The third kappa shape index (κ3) is 7.74. The highest BCUT2D eigenvalue weighted by atomic mass is 35.5. The molecule has 2 heterocycles. The van der Waals surface area contributed by atoms with Gasteiger partial charge in [-0.05, 0) is 74.2 Å². The molecule has 39 heavy (non-hydrogen) atoms. The molecule has 0 saturated carbocycles. The van der Waals surface area contributed by atoms with Gasteiger partial charge in [-0.2, -0.15) is 0 Å². The van der Waals surface area contributed by atoms with Gasteiger partial charge in [0.2, 0.25) is 5.91 Å². The van der Waals surface area contributed by atoms with Crippen molar-refractivity contribution in [1.82, 2.24) is 15.2 Å². The van der Waals surface area contributed by atoms with E-state index in [1.54, 1.807) is 29.3 Å². The standard InChI is InChI=1S/C30H31Cl2N3O4/c1-30(2,3)39-29(37)35-15-13-24(20-8-6-11-23(16-20)38-19-22-10-4-5-14-33-22)25(18-35)28(36)34-17-21-9-7-12-26(31)27(21)32/h4-12,14,16H,13,15,17-19H2,1-3H3,(H,34,36). The maximum atomic E-state index is 13.5. The van der Waals surface area contributed by atoms with E-state index in [2.05, 4.69) is 10.3 Å². The molecule has 4 rings (SSSR count). The molecule has 7 nitrogen and oxygen atoms in total. The molecule has 1 aliphatic heterocycles. The number of carbonyl (C=O) groups excluding carboxylic acids is 2. The number of nitrogens with zero attached hydrogens (tertiary/aromatic N) is 2. The SMILES string of the molecule is CC(C)(C)OC(=O)N1CCC(c2cccc(OCc3ccccn3)c2)=C(C(=O)NCc2cccc(Cl)c2Cl)C1. The van der Waals surface area contributed by atoms with E-state index < -0.39 is 11.7 Å². The molecule has 0 fully saturated rings. The highest BCUT2D eigenvalue weighted by Crippen LogP contribution is 2.31. The lowest BCUT2D eigenvalue weighted by molar-refractivity contribution is -0.117. The Kier molecular flexibility index (Phi) is 9.15. The summed E-state index contributed by atoms with van der Waals surface area (Å²) < 4.78 is 11.5. The van der Waals surface area contributed by atoms with Crippen LogP contribution in [0, 0.1) is 0 Å². The first-order chi connectivity index (χ1) is 18.6. The van der Waals surface area contributed by atoms with Gasteiger partial charge in [0.1, 0.15) is 18.0 Å². The van der Waals surface area contributed by atoms with E-state index in [0.29, 0.717) is 46.5 Å². The van der Waals surface area contributed by atoms with Crippen LogP contribution in [0.1, 0.15) is 44.0 Å². The van der Waals surface area contributed by atoms with Gasteiger partial charge in [-0.25, -0.2) is 4.79 Å². The molecule has 0 atom stereocenters. The molecule has 2 aromatic carbocycles. The molecule has 0 aliphatic carbocycles. The van der Waals surface area contributed by atoms with Crippen LogP contribution in [0.4, 0.5) is 4.79 Å². The Labute approximate surface area is 238 Å². The van der Waals surface area contributed by atoms with E-state index in [1.165, 1.54) is 0 Å². The highest BCUT2D eigenvalue weighted by molar-refractivity contribution is 6.42. The first-order valence-electron chi connectivity index (χ1n) is 12.6. The molecule has 0 bridgehead atoms. The second-order valence-corrected chi connectivity index (χ2v) is 10.9. The smallest absolute Gasteiger partial charge is 0.410 e. The second-order valence-electron chi connectivity index (χ2n) is 10.1. The normalized spacial score (nSPS) is 13.7. The summed E-state index contributed by atoms with van der Waals surface area (Å²) in [6, 6.07) is 18.5. The van der Waals surface area contributed by atoms with Gasteiger partial charge in [-0.15, -0.1) is 0 Å². The minimum absolute atomic E-state index is 0.110. The van der Waals surface area contributed by atoms with Gasteiger partial charge in [0.05, 0.1) is 22.3 Å². The van der Waals surface area contributed by atoms with Crippen molar-refractivity contribution in [1.29, 1.82) is 0 Å². The number of amides is 2. The molecule has 0 saturated heterocycles. The molecule has 9 heteroatoms. The van der Waals surface area contributed by atoms with Gasteiger partial charge in [-0.1, -0.05) is 53.5 Å². The lowest BCUT2D eigenvalue weighted by Crippen LogP contribution is -2.43. The Bertz CT molecular complexity index is 1370. The molecule has 1 aromatic heterocycles. The zero-order chi connectivity index (χ0) is 28.0. The van der Waals surface area contributed by atoms with Crippen molar-refractivity contribution in [3.05, 3.63) is 99.3 Å². The maximum Gasteiger partial charge on any atom is 0.410 e. The van der Waals surface area contributed by atoms with E-state index in [1.807, 2.05) is 63.2 Å². The topological polar surface area (TPSA) is 80.8 Å². The van der Waals surface area contributed by atoms with Crippen LogP contribution < -0.4 is 10.1 Å².